The van der Waals surface area contributed by atoms with Gasteiger partial charge < -0.3 is 0 Å². The van der Waals surface area contributed by atoms with Crippen LogP contribution < -0.4 is 0 Å². The first-order valence-electron chi connectivity index (χ1n) is 7.19. The highest BCUT2D eigenvalue weighted by atomic mass is 19.2. The van der Waals surface area contributed by atoms with Gasteiger partial charge in [0.25, 0.3) is 0 Å². The topological polar surface area (TPSA) is 0 Å². The lowest BCUT2D eigenvalue weighted by Crippen LogP contribution is -2.11. The van der Waals surface area contributed by atoms with Crippen LogP contribution in [0.3, 0.4) is 0 Å². The molecule has 1 aliphatic carbocycles. The zero-order valence-corrected chi connectivity index (χ0v) is 11.4. The van der Waals surface area contributed by atoms with Gasteiger partial charge in [0.05, 0.1) is 0 Å². The molecule has 0 atom stereocenters. The molecule has 1 saturated carbocycles. The molecule has 0 amide bonds. The molecular weight excluding hydrogens is 254 g/mol. The van der Waals surface area contributed by atoms with Crippen LogP contribution in [0, 0.1) is 17.6 Å². The fraction of sp³-hybridized carbons (Fsp3) is 0.333. The Balaban J connectivity index is 1.90. The van der Waals surface area contributed by atoms with Crippen molar-refractivity contribution >= 4 is 10.8 Å². The van der Waals surface area contributed by atoms with Crippen LogP contribution in [0.1, 0.15) is 37.2 Å². The molecule has 20 heavy (non-hydrogen) atoms. The molecule has 0 radical (unpaired) electrons. The van der Waals surface area contributed by atoms with E-state index in [1.807, 2.05) is 12.1 Å². The van der Waals surface area contributed by atoms with E-state index in [1.165, 1.54) is 24.5 Å². The summed E-state index contributed by atoms with van der Waals surface area (Å²) in [5, 5.41) is 1.15. The minimum Gasteiger partial charge on any atom is -0.204 e. The van der Waals surface area contributed by atoms with E-state index in [2.05, 4.69) is 12.7 Å². The maximum absolute atomic E-state index is 13.7. The lowest BCUT2D eigenvalue weighted by atomic mass is 9.78. The predicted octanol–water partition coefficient (Wildman–Crippen LogP) is 5.58. The lowest BCUT2D eigenvalue weighted by Gasteiger charge is -2.27. The van der Waals surface area contributed by atoms with Crippen LogP contribution in [0.2, 0.25) is 0 Å². The van der Waals surface area contributed by atoms with E-state index in [9.17, 15) is 8.78 Å². The number of hydrogen-bond acceptors (Lipinski definition) is 0. The third kappa shape index (κ3) is 2.35. The first kappa shape index (κ1) is 13.3. The molecule has 0 bridgehead atoms. The van der Waals surface area contributed by atoms with Crippen molar-refractivity contribution in [2.45, 2.75) is 31.6 Å². The monoisotopic (exact) mass is 272 g/mol. The average molecular weight is 272 g/mol. The summed E-state index contributed by atoms with van der Waals surface area (Å²) in [4.78, 5) is 0. The Bertz CT molecular complexity index is 637. The molecule has 2 aromatic rings. The van der Waals surface area contributed by atoms with Crippen molar-refractivity contribution < 1.29 is 8.78 Å². The number of benzene rings is 2. The predicted molar refractivity (Wildman–Crippen MR) is 78.8 cm³/mol. The number of rotatable bonds is 2. The molecular formula is C18H18F2. The Morgan fingerprint density at radius 3 is 2.45 bits per heavy atom. The quantitative estimate of drug-likeness (QED) is 0.626. The van der Waals surface area contributed by atoms with E-state index < -0.39 is 11.6 Å². The Hall–Kier alpha value is -1.70. The second-order valence-corrected chi connectivity index (χ2v) is 5.69. The highest BCUT2D eigenvalue weighted by molar-refractivity contribution is 5.84. The maximum atomic E-state index is 13.7. The van der Waals surface area contributed by atoms with Crippen molar-refractivity contribution in [2.75, 3.05) is 0 Å². The first-order chi connectivity index (χ1) is 9.69. The van der Waals surface area contributed by atoms with Gasteiger partial charge in [0.1, 0.15) is 0 Å². The SMILES string of the molecule is C=C[C@H]1CC[C@H](c2ccc3c(F)c(F)ccc3c2)CC1. The molecule has 0 aromatic heterocycles. The Morgan fingerprint density at radius 1 is 1.00 bits per heavy atom. The van der Waals surface area contributed by atoms with Crippen molar-refractivity contribution in [1.29, 1.82) is 0 Å². The van der Waals surface area contributed by atoms with Crippen molar-refractivity contribution in [3.63, 3.8) is 0 Å². The summed E-state index contributed by atoms with van der Waals surface area (Å²) in [6.07, 6.45) is 6.68. The number of allylic oxidation sites excluding steroid dienone is 1. The Morgan fingerprint density at radius 2 is 1.75 bits per heavy atom. The van der Waals surface area contributed by atoms with Gasteiger partial charge in [-0.1, -0.05) is 30.3 Å². The number of hydrogen-bond donors (Lipinski definition) is 0. The van der Waals surface area contributed by atoms with E-state index in [0.717, 1.165) is 18.2 Å². The van der Waals surface area contributed by atoms with Crippen LogP contribution in [-0.2, 0) is 0 Å². The summed E-state index contributed by atoms with van der Waals surface area (Å²) in [6.45, 7) is 3.86. The fourth-order valence-electron chi connectivity index (χ4n) is 3.23. The van der Waals surface area contributed by atoms with Crippen molar-refractivity contribution in [3.05, 3.63) is 60.2 Å². The molecule has 0 aliphatic heterocycles. The largest absolute Gasteiger partial charge is 0.204 e. The molecule has 1 fully saturated rings. The van der Waals surface area contributed by atoms with E-state index in [1.54, 1.807) is 12.1 Å². The average Bonchev–Trinajstić information content (AvgIpc) is 2.51. The van der Waals surface area contributed by atoms with E-state index in [-0.39, 0.29) is 0 Å². The van der Waals surface area contributed by atoms with Crippen molar-refractivity contribution in [1.82, 2.24) is 0 Å². The summed E-state index contributed by atoms with van der Waals surface area (Å²) >= 11 is 0. The van der Waals surface area contributed by atoms with E-state index >= 15 is 0 Å². The molecule has 0 saturated heterocycles. The van der Waals surface area contributed by atoms with Crippen LogP contribution in [0.25, 0.3) is 10.8 Å². The fourth-order valence-corrected chi connectivity index (χ4v) is 3.23. The zero-order valence-electron chi connectivity index (χ0n) is 11.4. The third-order valence-electron chi connectivity index (χ3n) is 4.51. The van der Waals surface area contributed by atoms with Gasteiger partial charge in [-0.05, 0) is 54.5 Å². The minimum atomic E-state index is -0.781. The van der Waals surface area contributed by atoms with Crippen molar-refractivity contribution in [2.24, 2.45) is 5.92 Å². The van der Waals surface area contributed by atoms with Crippen LogP contribution in [-0.4, -0.2) is 0 Å². The van der Waals surface area contributed by atoms with E-state index in [4.69, 9.17) is 0 Å². The number of halogens is 2. The highest BCUT2D eigenvalue weighted by Gasteiger charge is 2.21. The number of fused-ring (bicyclic) bond motifs is 1. The molecule has 0 unspecified atom stereocenters. The molecule has 2 aromatic carbocycles. The first-order valence-corrected chi connectivity index (χ1v) is 7.19. The van der Waals surface area contributed by atoms with Crippen LogP contribution in [0.15, 0.2) is 43.0 Å². The Labute approximate surface area is 118 Å². The third-order valence-corrected chi connectivity index (χ3v) is 4.51. The second kappa shape index (κ2) is 5.35. The summed E-state index contributed by atoms with van der Waals surface area (Å²) < 4.78 is 26.9. The van der Waals surface area contributed by atoms with Gasteiger partial charge >= 0.3 is 0 Å². The van der Waals surface area contributed by atoms with Gasteiger partial charge in [0, 0.05) is 5.39 Å². The van der Waals surface area contributed by atoms with Gasteiger partial charge in [0.15, 0.2) is 11.6 Å². The summed E-state index contributed by atoms with van der Waals surface area (Å²) in [6, 6.07) is 8.53. The summed E-state index contributed by atoms with van der Waals surface area (Å²) in [5.74, 6) is -0.358. The summed E-state index contributed by atoms with van der Waals surface area (Å²) in [7, 11) is 0. The van der Waals surface area contributed by atoms with E-state index in [0.29, 0.717) is 17.2 Å². The second-order valence-electron chi connectivity index (χ2n) is 5.69. The highest BCUT2D eigenvalue weighted by Crippen LogP contribution is 2.37. The normalized spacial score (nSPS) is 22.9. The van der Waals surface area contributed by atoms with Gasteiger partial charge in [-0.3, -0.25) is 0 Å². The van der Waals surface area contributed by atoms with Gasteiger partial charge in [0.2, 0.25) is 0 Å². The van der Waals surface area contributed by atoms with Gasteiger partial charge in [-0.2, -0.15) is 0 Å². The van der Waals surface area contributed by atoms with Gasteiger partial charge in [-0.25, -0.2) is 8.78 Å². The zero-order chi connectivity index (χ0) is 14.1. The van der Waals surface area contributed by atoms with Crippen LogP contribution in [0.5, 0.6) is 0 Å². The van der Waals surface area contributed by atoms with Gasteiger partial charge in [-0.15, -0.1) is 6.58 Å². The molecule has 2 heteroatoms. The standard InChI is InChI=1S/C18H18F2/c1-2-12-3-5-13(6-4-12)14-7-9-16-15(11-14)8-10-17(19)18(16)20/h2,7-13H,1,3-6H2/t12-,13-. The molecule has 0 N–H and O–H groups in total. The Kier molecular flexibility index (Phi) is 3.56. The molecule has 104 valence electrons. The molecule has 3 rings (SSSR count). The smallest absolute Gasteiger partial charge is 0.166 e. The maximum Gasteiger partial charge on any atom is 0.166 e. The molecule has 0 nitrogen and oxygen atoms in total. The van der Waals surface area contributed by atoms with Crippen molar-refractivity contribution in [3.8, 4) is 0 Å². The molecule has 1 aliphatic rings. The molecule has 0 heterocycles. The lowest BCUT2D eigenvalue weighted by molar-refractivity contribution is 0.376. The summed E-state index contributed by atoms with van der Waals surface area (Å²) in [5.41, 5.74) is 1.24. The van der Waals surface area contributed by atoms with Crippen LogP contribution >= 0.6 is 0 Å². The molecule has 0 spiro atoms. The minimum absolute atomic E-state index is 0.369. The van der Waals surface area contributed by atoms with Crippen LogP contribution in [0.4, 0.5) is 8.78 Å².